The number of hydrogen-bond acceptors (Lipinski definition) is 3. The number of halogens is 1. The Morgan fingerprint density at radius 2 is 1.84 bits per heavy atom. The summed E-state index contributed by atoms with van der Waals surface area (Å²) >= 11 is 3.52. The van der Waals surface area contributed by atoms with E-state index in [0.29, 0.717) is 0 Å². The van der Waals surface area contributed by atoms with Gasteiger partial charge in [-0.3, -0.25) is 0 Å². The molecule has 0 aliphatic heterocycles. The van der Waals surface area contributed by atoms with Gasteiger partial charge in [0.1, 0.15) is 5.75 Å². The fourth-order valence-corrected chi connectivity index (χ4v) is 2.32. The average Bonchev–Trinajstić information content (AvgIpc) is 2.36. The van der Waals surface area contributed by atoms with Crippen molar-refractivity contribution in [3.8, 4) is 5.75 Å². The summed E-state index contributed by atoms with van der Waals surface area (Å²) in [7, 11) is 1.67. The molecule has 2 rings (SSSR count). The van der Waals surface area contributed by atoms with E-state index in [-0.39, 0.29) is 0 Å². The van der Waals surface area contributed by atoms with Crippen molar-refractivity contribution in [2.75, 3.05) is 18.2 Å². The van der Waals surface area contributed by atoms with E-state index in [9.17, 15) is 0 Å². The topological polar surface area (TPSA) is 47.3 Å². The second-order valence-electron chi connectivity index (χ2n) is 4.52. The number of hydrogen-bond donors (Lipinski definition) is 2. The number of benzene rings is 2. The van der Waals surface area contributed by atoms with Gasteiger partial charge in [-0.2, -0.15) is 0 Å². The molecular formula is C15H17BrN2O. The van der Waals surface area contributed by atoms with E-state index in [2.05, 4.69) is 27.3 Å². The average molecular weight is 321 g/mol. The lowest BCUT2D eigenvalue weighted by molar-refractivity contribution is 0.416. The van der Waals surface area contributed by atoms with Gasteiger partial charge < -0.3 is 15.8 Å². The zero-order valence-corrected chi connectivity index (χ0v) is 12.8. The van der Waals surface area contributed by atoms with Gasteiger partial charge in [-0.25, -0.2) is 0 Å². The van der Waals surface area contributed by atoms with Gasteiger partial charge in [0.05, 0.1) is 18.5 Å². The smallest absolute Gasteiger partial charge is 0.142 e. The van der Waals surface area contributed by atoms with Crippen LogP contribution >= 0.6 is 15.9 Å². The lowest BCUT2D eigenvalue weighted by atomic mass is 10.1. The van der Waals surface area contributed by atoms with E-state index in [1.165, 1.54) is 5.56 Å². The van der Waals surface area contributed by atoms with E-state index >= 15 is 0 Å². The molecule has 100 valence electrons. The molecule has 2 aromatic carbocycles. The quantitative estimate of drug-likeness (QED) is 0.824. The second kappa shape index (κ2) is 5.53. The van der Waals surface area contributed by atoms with Crippen LogP contribution in [-0.2, 0) is 0 Å². The zero-order valence-electron chi connectivity index (χ0n) is 11.3. The Kier molecular flexibility index (Phi) is 4.00. The van der Waals surface area contributed by atoms with Gasteiger partial charge in [-0.1, -0.05) is 6.07 Å². The van der Waals surface area contributed by atoms with Gasteiger partial charge in [0, 0.05) is 10.2 Å². The fraction of sp³-hybridized carbons (Fsp3) is 0.200. The molecule has 0 heterocycles. The van der Waals surface area contributed by atoms with Gasteiger partial charge in [0.15, 0.2) is 0 Å². The van der Waals surface area contributed by atoms with Crippen molar-refractivity contribution in [2.45, 2.75) is 13.8 Å². The van der Waals surface area contributed by atoms with Crippen LogP contribution in [0.2, 0.25) is 0 Å². The molecule has 0 saturated carbocycles. The largest absolute Gasteiger partial charge is 0.495 e. The summed E-state index contributed by atoms with van der Waals surface area (Å²) in [5.41, 5.74) is 10.8. The van der Waals surface area contributed by atoms with E-state index < -0.39 is 0 Å². The molecule has 19 heavy (non-hydrogen) atoms. The van der Waals surface area contributed by atoms with Gasteiger partial charge in [0.25, 0.3) is 0 Å². The molecule has 3 N–H and O–H groups in total. The first kappa shape index (κ1) is 13.7. The van der Waals surface area contributed by atoms with E-state index in [1.807, 2.05) is 38.1 Å². The molecular weight excluding hydrogens is 304 g/mol. The summed E-state index contributed by atoms with van der Waals surface area (Å²) < 4.78 is 6.29. The van der Waals surface area contributed by atoms with Gasteiger partial charge >= 0.3 is 0 Å². The van der Waals surface area contributed by atoms with Gasteiger partial charge in [-0.05, 0) is 65.2 Å². The number of ether oxygens (including phenoxy) is 1. The Bertz CT molecular complexity index is 611. The van der Waals surface area contributed by atoms with Crippen molar-refractivity contribution in [1.82, 2.24) is 0 Å². The Morgan fingerprint density at radius 3 is 2.53 bits per heavy atom. The third kappa shape index (κ3) is 3.01. The van der Waals surface area contributed by atoms with Gasteiger partial charge in [-0.15, -0.1) is 0 Å². The molecule has 2 aromatic rings. The first-order valence-electron chi connectivity index (χ1n) is 5.98. The van der Waals surface area contributed by atoms with Crippen LogP contribution in [-0.4, -0.2) is 7.11 Å². The summed E-state index contributed by atoms with van der Waals surface area (Å²) in [6.45, 7) is 4.04. The van der Waals surface area contributed by atoms with Crippen LogP contribution < -0.4 is 15.8 Å². The number of methoxy groups -OCH3 is 1. The Morgan fingerprint density at radius 1 is 1.11 bits per heavy atom. The molecule has 0 atom stereocenters. The Hall–Kier alpha value is -1.68. The Labute approximate surface area is 121 Å². The summed E-state index contributed by atoms with van der Waals surface area (Å²) in [5.74, 6) is 0.812. The first-order chi connectivity index (χ1) is 9.01. The highest BCUT2D eigenvalue weighted by molar-refractivity contribution is 9.10. The van der Waals surface area contributed by atoms with Crippen molar-refractivity contribution in [3.05, 3.63) is 45.9 Å². The minimum Gasteiger partial charge on any atom is -0.495 e. The number of aryl methyl sites for hydroxylation is 2. The Balaban J connectivity index is 2.41. The third-order valence-electron chi connectivity index (χ3n) is 2.98. The lowest BCUT2D eigenvalue weighted by Crippen LogP contribution is -1.98. The molecule has 0 unspecified atom stereocenters. The van der Waals surface area contributed by atoms with Crippen molar-refractivity contribution in [3.63, 3.8) is 0 Å². The van der Waals surface area contributed by atoms with Crippen molar-refractivity contribution >= 4 is 33.0 Å². The maximum Gasteiger partial charge on any atom is 0.142 e. The van der Waals surface area contributed by atoms with Crippen LogP contribution in [0.15, 0.2) is 34.8 Å². The zero-order chi connectivity index (χ0) is 14.0. The maximum atomic E-state index is 5.88. The molecule has 0 bridgehead atoms. The number of rotatable bonds is 3. The number of nitrogens with two attached hydrogens (primary N) is 1. The van der Waals surface area contributed by atoms with Crippen LogP contribution in [0, 0.1) is 13.8 Å². The molecule has 0 amide bonds. The predicted molar refractivity (Wildman–Crippen MR) is 84.3 cm³/mol. The molecule has 0 aliphatic carbocycles. The lowest BCUT2D eigenvalue weighted by Gasteiger charge is -2.14. The summed E-state index contributed by atoms with van der Waals surface area (Å²) in [4.78, 5) is 0. The number of anilines is 3. The van der Waals surface area contributed by atoms with E-state index in [4.69, 9.17) is 10.5 Å². The minimum atomic E-state index is 0.772. The minimum absolute atomic E-state index is 0.772. The monoisotopic (exact) mass is 320 g/mol. The maximum absolute atomic E-state index is 5.88. The third-order valence-corrected chi connectivity index (χ3v) is 3.64. The second-order valence-corrected chi connectivity index (χ2v) is 5.37. The standard InChI is InChI=1S/C15H17BrN2O/c1-9-4-5-15(19-3)14(6-9)18-13-7-10(2)12(17)8-11(13)16/h4-8,18H,17H2,1-3H3. The molecule has 0 spiro atoms. The SMILES string of the molecule is COc1ccc(C)cc1Nc1cc(C)c(N)cc1Br. The van der Waals surface area contributed by atoms with Crippen LogP contribution in [0.25, 0.3) is 0 Å². The van der Waals surface area contributed by atoms with E-state index in [0.717, 1.165) is 32.8 Å². The highest BCUT2D eigenvalue weighted by atomic mass is 79.9. The van der Waals surface area contributed by atoms with E-state index in [1.54, 1.807) is 7.11 Å². The molecule has 3 nitrogen and oxygen atoms in total. The number of nitrogens with one attached hydrogen (secondary N) is 1. The number of nitrogen functional groups attached to an aromatic ring is 1. The fourth-order valence-electron chi connectivity index (χ4n) is 1.86. The summed E-state index contributed by atoms with van der Waals surface area (Å²) in [5, 5.41) is 3.37. The van der Waals surface area contributed by atoms with Crippen molar-refractivity contribution in [2.24, 2.45) is 0 Å². The summed E-state index contributed by atoms with van der Waals surface area (Å²) in [6.07, 6.45) is 0. The molecule has 0 radical (unpaired) electrons. The van der Waals surface area contributed by atoms with Crippen LogP contribution in [0.4, 0.5) is 17.1 Å². The van der Waals surface area contributed by atoms with Crippen LogP contribution in [0.5, 0.6) is 5.75 Å². The molecule has 0 fully saturated rings. The molecule has 4 heteroatoms. The molecule has 0 aliphatic rings. The first-order valence-corrected chi connectivity index (χ1v) is 6.78. The predicted octanol–water partition coefficient (Wildman–Crippen LogP) is 4.40. The van der Waals surface area contributed by atoms with Crippen LogP contribution in [0.1, 0.15) is 11.1 Å². The highest BCUT2D eigenvalue weighted by Gasteiger charge is 2.08. The summed E-state index contributed by atoms with van der Waals surface area (Å²) in [6, 6.07) is 9.95. The molecule has 0 aromatic heterocycles. The van der Waals surface area contributed by atoms with Crippen molar-refractivity contribution < 1.29 is 4.74 Å². The van der Waals surface area contributed by atoms with Crippen LogP contribution in [0.3, 0.4) is 0 Å². The highest BCUT2D eigenvalue weighted by Crippen LogP contribution is 2.34. The normalized spacial score (nSPS) is 10.3. The van der Waals surface area contributed by atoms with Gasteiger partial charge in [0.2, 0.25) is 0 Å². The molecule has 0 saturated heterocycles. The van der Waals surface area contributed by atoms with Crippen molar-refractivity contribution in [1.29, 1.82) is 0 Å².